The van der Waals surface area contributed by atoms with E-state index in [1.165, 1.54) is 30.5 Å². The van der Waals surface area contributed by atoms with Crippen molar-refractivity contribution in [2.45, 2.75) is 6.92 Å². The molecule has 0 radical (unpaired) electrons. The van der Waals surface area contributed by atoms with Gasteiger partial charge in [0.15, 0.2) is 0 Å². The molecule has 0 aliphatic heterocycles. The van der Waals surface area contributed by atoms with E-state index in [2.05, 4.69) is 4.98 Å². The largest absolute Gasteiger partial charge is 0.437 e. The molecule has 0 unspecified atom stereocenters. The minimum absolute atomic E-state index is 0.0235. The number of rotatable bonds is 5. The lowest BCUT2D eigenvalue weighted by Gasteiger charge is -2.12. The van der Waals surface area contributed by atoms with Gasteiger partial charge in [-0.05, 0) is 48.4 Å². The number of carbonyl (C=O) groups excluding carboxylic acids is 1. The molecule has 0 atom stereocenters. The molecule has 162 valence electrons. The minimum atomic E-state index is -3.84. The predicted octanol–water partition coefficient (Wildman–Crippen LogP) is 5.12. The predicted molar refractivity (Wildman–Crippen MR) is 113 cm³/mol. The van der Waals surface area contributed by atoms with Crippen molar-refractivity contribution in [2.75, 3.05) is 6.26 Å². The Morgan fingerprint density at radius 1 is 1.06 bits per heavy atom. The van der Waals surface area contributed by atoms with E-state index in [1.807, 2.05) is 0 Å². The Morgan fingerprint density at radius 3 is 2.39 bits per heavy atom. The summed E-state index contributed by atoms with van der Waals surface area (Å²) in [7, 11) is -3.84. The number of ether oxygens (including phenoxy) is 1. The van der Waals surface area contributed by atoms with E-state index >= 15 is 0 Å². The highest BCUT2D eigenvalue weighted by Crippen LogP contribution is 2.34. The fraction of sp³-hybridized carbons (Fsp3) is 0.100. The van der Waals surface area contributed by atoms with Gasteiger partial charge in [-0.1, -0.05) is 23.2 Å². The molecule has 0 saturated heterocycles. The van der Waals surface area contributed by atoms with E-state index in [0.29, 0.717) is 16.7 Å². The molecule has 1 amide bonds. The van der Waals surface area contributed by atoms with E-state index in [-0.39, 0.29) is 21.7 Å². The average Bonchev–Trinajstić information content (AvgIpc) is 2.66. The van der Waals surface area contributed by atoms with E-state index < -0.39 is 33.1 Å². The molecule has 0 aliphatic carbocycles. The molecule has 1 N–H and O–H groups in total. The van der Waals surface area contributed by atoms with Gasteiger partial charge in [0.05, 0.1) is 16.8 Å². The van der Waals surface area contributed by atoms with Gasteiger partial charge in [-0.2, -0.15) is 0 Å². The molecular weight excluding hydrogens is 473 g/mol. The zero-order valence-electron chi connectivity index (χ0n) is 16.0. The van der Waals surface area contributed by atoms with Gasteiger partial charge in [0.25, 0.3) is 5.91 Å². The average molecular weight is 487 g/mol. The van der Waals surface area contributed by atoms with E-state index in [0.717, 1.165) is 18.4 Å². The first kappa shape index (κ1) is 22.9. The van der Waals surface area contributed by atoms with Gasteiger partial charge in [0.2, 0.25) is 15.9 Å². The number of nitrogens with zero attached hydrogens (tertiary/aromatic N) is 1. The lowest BCUT2D eigenvalue weighted by Crippen LogP contribution is -2.30. The van der Waals surface area contributed by atoms with Crippen LogP contribution in [0.4, 0.5) is 8.78 Å². The quantitative estimate of drug-likeness (QED) is 0.540. The molecule has 6 nitrogen and oxygen atoms in total. The fourth-order valence-electron chi connectivity index (χ4n) is 2.69. The second-order valence-electron chi connectivity index (χ2n) is 6.54. The Balaban J connectivity index is 1.91. The topological polar surface area (TPSA) is 85.4 Å². The third-order valence-corrected chi connectivity index (χ3v) is 5.18. The monoisotopic (exact) mass is 486 g/mol. The van der Waals surface area contributed by atoms with Crippen LogP contribution in [0.25, 0.3) is 11.1 Å². The van der Waals surface area contributed by atoms with Crippen molar-refractivity contribution in [3.05, 3.63) is 75.4 Å². The SMILES string of the molecule is Cc1cc(C(=O)NS(C)(=O)=O)c(F)cc1-c1cnc(Oc2ccc(F)c(Cl)c2)c(Cl)c1. The second-order valence-corrected chi connectivity index (χ2v) is 9.10. The Hall–Kier alpha value is -2.75. The molecule has 0 spiro atoms. The van der Waals surface area contributed by atoms with Gasteiger partial charge in [0, 0.05) is 17.8 Å². The fourth-order valence-corrected chi connectivity index (χ4v) is 3.51. The zero-order valence-corrected chi connectivity index (χ0v) is 18.4. The third kappa shape index (κ3) is 5.49. The van der Waals surface area contributed by atoms with Crippen LogP contribution in [0, 0.1) is 18.6 Å². The van der Waals surface area contributed by atoms with Crippen LogP contribution < -0.4 is 9.46 Å². The van der Waals surface area contributed by atoms with Crippen molar-refractivity contribution in [3.8, 4) is 22.8 Å². The summed E-state index contributed by atoms with van der Waals surface area (Å²) < 4.78 is 57.4. The Labute approximate surface area is 186 Å². The minimum Gasteiger partial charge on any atom is -0.437 e. The molecule has 3 rings (SSSR count). The van der Waals surface area contributed by atoms with Crippen LogP contribution in [-0.4, -0.2) is 25.6 Å². The lowest BCUT2D eigenvalue weighted by atomic mass is 9.99. The Morgan fingerprint density at radius 2 is 1.77 bits per heavy atom. The summed E-state index contributed by atoms with van der Waals surface area (Å²) in [5.41, 5.74) is 0.885. The lowest BCUT2D eigenvalue weighted by molar-refractivity contribution is 0.0977. The summed E-state index contributed by atoms with van der Waals surface area (Å²) in [4.78, 5) is 16.1. The number of hydrogen-bond acceptors (Lipinski definition) is 5. The van der Waals surface area contributed by atoms with Crippen molar-refractivity contribution in [1.82, 2.24) is 9.71 Å². The van der Waals surface area contributed by atoms with Gasteiger partial charge in [-0.15, -0.1) is 0 Å². The molecule has 11 heteroatoms. The highest BCUT2D eigenvalue weighted by atomic mass is 35.5. The summed E-state index contributed by atoms with van der Waals surface area (Å²) in [6, 6.07) is 7.54. The second kappa shape index (κ2) is 8.78. The van der Waals surface area contributed by atoms with Crippen LogP contribution in [0.3, 0.4) is 0 Å². The number of benzene rings is 2. The zero-order chi connectivity index (χ0) is 22.9. The van der Waals surface area contributed by atoms with Crippen LogP contribution in [0.1, 0.15) is 15.9 Å². The van der Waals surface area contributed by atoms with Crippen molar-refractivity contribution in [1.29, 1.82) is 0 Å². The third-order valence-electron chi connectivity index (χ3n) is 4.06. The normalized spacial score (nSPS) is 11.3. The molecule has 0 fully saturated rings. The first-order valence-electron chi connectivity index (χ1n) is 8.55. The van der Waals surface area contributed by atoms with E-state index in [4.69, 9.17) is 27.9 Å². The van der Waals surface area contributed by atoms with Crippen molar-refractivity contribution < 1.29 is 26.7 Å². The summed E-state index contributed by atoms with van der Waals surface area (Å²) in [5.74, 6) is -2.35. The molecule has 2 aromatic carbocycles. The molecular formula is C20H14Cl2F2N2O4S. The van der Waals surface area contributed by atoms with Crippen LogP contribution in [-0.2, 0) is 10.0 Å². The number of nitrogens with one attached hydrogen (secondary N) is 1. The summed E-state index contributed by atoms with van der Waals surface area (Å²) in [6.07, 6.45) is 2.17. The smallest absolute Gasteiger partial charge is 0.267 e. The molecule has 1 heterocycles. The number of hydrogen-bond donors (Lipinski definition) is 1. The van der Waals surface area contributed by atoms with Gasteiger partial charge >= 0.3 is 0 Å². The van der Waals surface area contributed by atoms with E-state index in [1.54, 1.807) is 11.6 Å². The number of pyridine rings is 1. The standard InChI is InChI=1S/C20H14Cl2F2N2O4S/c1-10-5-14(19(27)26-31(2,28)29)18(24)8-13(10)11-6-16(22)20(25-9-11)30-12-3-4-17(23)15(21)7-12/h3-9H,1-2H3,(H,26,27). The van der Waals surface area contributed by atoms with Gasteiger partial charge in [-0.25, -0.2) is 26.9 Å². The summed E-state index contributed by atoms with van der Waals surface area (Å²) in [5, 5.41) is -0.0343. The maximum absolute atomic E-state index is 14.5. The molecule has 0 saturated carbocycles. The number of amides is 1. The molecule has 31 heavy (non-hydrogen) atoms. The molecule has 0 aliphatic rings. The van der Waals surface area contributed by atoms with Crippen LogP contribution in [0.5, 0.6) is 11.6 Å². The summed E-state index contributed by atoms with van der Waals surface area (Å²) >= 11 is 11.9. The first-order valence-corrected chi connectivity index (χ1v) is 11.2. The van der Waals surface area contributed by atoms with Crippen LogP contribution >= 0.6 is 23.2 Å². The molecule has 0 bridgehead atoms. The highest BCUT2D eigenvalue weighted by Gasteiger charge is 2.19. The maximum atomic E-state index is 14.5. The Kier molecular flexibility index (Phi) is 6.49. The Bertz CT molecular complexity index is 1300. The number of aromatic nitrogens is 1. The highest BCUT2D eigenvalue weighted by molar-refractivity contribution is 7.89. The van der Waals surface area contributed by atoms with Crippen molar-refractivity contribution >= 4 is 39.1 Å². The number of sulfonamides is 1. The van der Waals surface area contributed by atoms with Gasteiger partial charge < -0.3 is 4.74 Å². The van der Waals surface area contributed by atoms with E-state index in [9.17, 15) is 22.0 Å². The molecule has 1 aromatic heterocycles. The number of aryl methyl sites for hydroxylation is 1. The maximum Gasteiger partial charge on any atom is 0.267 e. The van der Waals surface area contributed by atoms with Crippen molar-refractivity contribution in [2.24, 2.45) is 0 Å². The van der Waals surface area contributed by atoms with Gasteiger partial charge in [-0.3, -0.25) is 4.79 Å². The number of halogens is 4. The summed E-state index contributed by atoms with van der Waals surface area (Å²) in [6.45, 7) is 1.62. The molecule has 3 aromatic rings. The van der Waals surface area contributed by atoms with Gasteiger partial charge in [0.1, 0.15) is 22.4 Å². The van der Waals surface area contributed by atoms with Crippen LogP contribution in [0.2, 0.25) is 10.0 Å². The van der Waals surface area contributed by atoms with Crippen molar-refractivity contribution in [3.63, 3.8) is 0 Å². The number of carbonyl (C=O) groups is 1. The van der Waals surface area contributed by atoms with Crippen LogP contribution in [0.15, 0.2) is 42.6 Å². The first-order chi connectivity index (χ1) is 14.4.